The number of ketones is 1. The Morgan fingerprint density at radius 1 is 0.639 bits per heavy atom. The van der Waals surface area contributed by atoms with Gasteiger partial charge in [-0.2, -0.15) is 30.8 Å². The first-order valence-electron chi connectivity index (χ1n) is 25.7. The van der Waals surface area contributed by atoms with Gasteiger partial charge in [0.25, 0.3) is 0 Å². The van der Waals surface area contributed by atoms with E-state index in [4.69, 9.17) is 19.4 Å². The third kappa shape index (κ3) is 8.63. The van der Waals surface area contributed by atoms with E-state index in [9.17, 15) is 10.8 Å². The first-order valence-corrected chi connectivity index (χ1v) is 25.7. The molecular weight excluding hydrogens is 905 g/mol. The van der Waals surface area contributed by atoms with Crippen LogP contribution in [-0.4, -0.2) is 107 Å². The number of ether oxygens (including phenoxy) is 2. The predicted octanol–water partition coefficient (Wildman–Crippen LogP) is 7.98. The van der Waals surface area contributed by atoms with Gasteiger partial charge in [0.15, 0.2) is 5.78 Å². The van der Waals surface area contributed by atoms with Crippen LogP contribution in [-0.2, 0) is 41.8 Å². The number of aromatic amines is 2. The van der Waals surface area contributed by atoms with Gasteiger partial charge in [0, 0.05) is 71.7 Å². The lowest BCUT2D eigenvalue weighted by atomic mass is 9.77. The number of nitrogens with zero attached hydrogens (tertiary/aromatic N) is 10. The molecule has 372 valence electrons. The van der Waals surface area contributed by atoms with E-state index in [2.05, 4.69) is 131 Å². The topological polar surface area (TPSA) is 205 Å². The number of Topliss-reactive ketones (excluding diaryl/α,β-unsaturated/α-hetero) is 1. The van der Waals surface area contributed by atoms with E-state index in [0.717, 1.165) is 105 Å². The lowest BCUT2D eigenvalue weighted by molar-refractivity contribution is -0.122. The molecule has 2 aromatic carbocycles. The highest BCUT2D eigenvalue weighted by molar-refractivity contribution is 6.01. The van der Waals surface area contributed by atoms with Gasteiger partial charge < -0.3 is 29.1 Å². The van der Waals surface area contributed by atoms with Gasteiger partial charge in [0.2, 0.25) is 0 Å². The second kappa shape index (κ2) is 17.5. The summed E-state index contributed by atoms with van der Waals surface area (Å²) in [6.45, 7) is 17.9. The van der Waals surface area contributed by atoms with Crippen molar-refractivity contribution in [3.05, 3.63) is 128 Å². The predicted molar refractivity (Wildman–Crippen MR) is 274 cm³/mol. The zero-order valence-electron chi connectivity index (χ0n) is 42.2. The minimum atomic E-state index is -0.731. The number of benzene rings is 2. The van der Waals surface area contributed by atoms with Crippen molar-refractivity contribution in [2.45, 2.75) is 128 Å². The first-order chi connectivity index (χ1) is 34.6. The zero-order chi connectivity index (χ0) is 49.6. The summed E-state index contributed by atoms with van der Waals surface area (Å²) in [5, 5.41) is 42.1. The van der Waals surface area contributed by atoms with Crippen LogP contribution in [0.5, 0.6) is 11.5 Å². The number of fused-ring (bicyclic) bond motifs is 4. The molecule has 0 amide bonds. The molecule has 8 heterocycles. The molecule has 17 heteroatoms. The lowest BCUT2D eigenvalue weighted by Crippen LogP contribution is -2.39. The Labute approximate surface area is 420 Å². The molecule has 6 aromatic rings. The molecule has 0 saturated heterocycles. The van der Waals surface area contributed by atoms with Gasteiger partial charge in [0.1, 0.15) is 59.2 Å². The number of H-pyrrole nitrogens is 2. The van der Waals surface area contributed by atoms with E-state index in [0.29, 0.717) is 87.4 Å². The molecule has 0 bridgehead atoms. The first kappa shape index (κ1) is 45.9. The molecule has 2 atom stereocenters. The molecule has 17 nitrogen and oxygen atoms in total. The summed E-state index contributed by atoms with van der Waals surface area (Å²) in [4.78, 5) is 35.7. The Hall–Kier alpha value is -7.17. The quantitative estimate of drug-likeness (QED) is 0.0819. The van der Waals surface area contributed by atoms with Gasteiger partial charge in [-0.1, -0.05) is 65.8 Å². The monoisotopic (exact) mass is 969 g/mol. The summed E-state index contributed by atoms with van der Waals surface area (Å²) >= 11 is 0. The van der Waals surface area contributed by atoms with E-state index < -0.39 is 11.8 Å². The fraction of sp³-hybridized carbons (Fsp3) is 0.473. The van der Waals surface area contributed by atoms with Crippen molar-refractivity contribution in [2.24, 2.45) is 0 Å². The highest BCUT2D eigenvalue weighted by Gasteiger charge is 2.42. The number of aromatic nitrogens is 8. The van der Waals surface area contributed by atoms with Crippen LogP contribution in [0.25, 0.3) is 0 Å². The number of hydrogen-bond acceptors (Lipinski definition) is 13. The van der Waals surface area contributed by atoms with Crippen molar-refractivity contribution in [1.82, 2.24) is 50.6 Å². The number of carbonyl (C=O) groups is 1. The average molecular weight is 969 g/mol. The molecule has 0 spiro atoms. The number of amidine groups is 2. The fourth-order valence-electron chi connectivity index (χ4n) is 11.1. The van der Waals surface area contributed by atoms with Crippen LogP contribution in [0.1, 0.15) is 158 Å². The molecule has 4 aliphatic heterocycles. The molecule has 2 fully saturated rings. The maximum absolute atomic E-state index is 16.9. The Morgan fingerprint density at radius 2 is 1.07 bits per heavy atom. The Morgan fingerprint density at radius 3 is 1.44 bits per heavy atom. The second-order valence-electron chi connectivity index (χ2n) is 22.8. The molecule has 12 rings (SSSR count). The minimum Gasteiger partial charge on any atom is -0.489 e. The summed E-state index contributed by atoms with van der Waals surface area (Å²) < 4.78 is 13.2. The second-order valence-corrected chi connectivity index (χ2v) is 22.8. The van der Waals surface area contributed by atoms with Crippen LogP contribution in [0.15, 0.2) is 60.9 Å². The van der Waals surface area contributed by atoms with Crippen molar-refractivity contribution in [3.63, 3.8) is 0 Å². The molecule has 4 aromatic heterocycles. The van der Waals surface area contributed by atoms with E-state index in [1.807, 2.05) is 9.80 Å². The smallest absolute Gasteiger partial charge is 0.151 e. The Kier molecular flexibility index (Phi) is 11.2. The Balaban J connectivity index is 1.02. The van der Waals surface area contributed by atoms with Crippen LogP contribution in [0.3, 0.4) is 0 Å². The summed E-state index contributed by atoms with van der Waals surface area (Å²) in [6, 6.07) is 17.2. The van der Waals surface area contributed by atoms with Crippen LogP contribution in [0.4, 0.5) is 11.4 Å². The van der Waals surface area contributed by atoms with Crippen LogP contribution < -0.4 is 19.3 Å². The molecule has 2 unspecified atom stereocenters. The molecular formula is C55H64N14O3. The van der Waals surface area contributed by atoms with Gasteiger partial charge >= 0.3 is 0 Å². The Bertz CT molecular complexity index is 2890. The number of pyridine rings is 2. The molecule has 6 aliphatic rings. The van der Waals surface area contributed by atoms with Gasteiger partial charge in [0.05, 0.1) is 61.8 Å². The van der Waals surface area contributed by atoms with Crippen LogP contribution >= 0.6 is 0 Å². The molecule has 72 heavy (non-hydrogen) atoms. The van der Waals surface area contributed by atoms with Crippen LogP contribution in [0, 0.1) is 10.8 Å². The molecule has 2 saturated carbocycles. The standard InChI is InChI=1S/C55H64N14O3/c1-54(2,3)41-19-35(21-45-50(41)71-17-15-66(45)27-37-23-58-64-62-37)39(29-68-25-33-11-13-43(31-7-8-31)60-47(33)52(68)56)49(70)40(30-69-26-34-12-14-44(32-9-10-32)61-48(34)53(69)57)36-20-42(55(4,5)6)51-46(22-36)67(16-18-72-51)28-38-24-59-65-63-38/h11-14,19-24,31-32,39-40,56-57H,7-10,15-18,25-30H2,1-6H3,(H,58,62,64)(H,59,63,65). The van der Waals surface area contributed by atoms with Gasteiger partial charge in [-0.25, -0.2) is 9.97 Å². The van der Waals surface area contributed by atoms with E-state index >= 15 is 4.79 Å². The van der Waals surface area contributed by atoms with Crippen molar-refractivity contribution in [1.29, 1.82) is 10.8 Å². The summed E-state index contributed by atoms with van der Waals surface area (Å²) in [5.41, 5.74) is 11.9. The third-order valence-electron chi connectivity index (χ3n) is 15.4. The van der Waals surface area contributed by atoms with Crippen molar-refractivity contribution >= 4 is 28.8 Å². The molecule has 0 radical (unpaired) electrons. The van der Waals surface area contributed by atoms with E-state index in [-0.39, 0.29) is 29.7 Å². The highest BCUT2D eigenvalue weighted by Crippen LogP contribution is 2.48. The summed E-state index contributed by atoms with van der Waals surface area (Å²) in [5.74, 6) is 1.71. The molecule has 4 N–H and O–H groups in total. The number of nitrogens with one attached hydrogen (secondary N) is 4. The fourth-order valence-corrected chi connectivity index (χ4v) is 11.1. The van der Waals surface area contributed by atoms with Gasteiger partial charge in [-0.3, -0.25) is 15.6 Å². The summed E-state index contributed by atoms with van der Waals surface area (Å²) in [6.07, 6.45) is 7.97. The van der Waals surface area contributed by atoms with Crippen molar-refractivity contribution < 1.29 is 14.3 Å². The lowest BCUT2D eigenvalue weighted by Gasteiger charge is -2.38. The molecule has 2 aliphatic carbocycles. The van der Waals surface area contributed by atoms with Crippen molar-refractivity contribution in [3.8, 4) is 11.5 Å². The minimum absolute atomic E-state index is 0.0000500. The highest BCUT2D eigenvalue weighted by atomic mass is 16.5. The largest absolute Gasteiger partial charge is 0.489 e. The summed E-state index contributed by atoms with van der Waals surface area (Å²) in [7, 11) is 0. The maximum atomic E-state index is 16.9. The normalized spacial score (nSPS) is 18.4. The zero-order valence-corrected chi connectivity index (χ0v) is 42.2. The van der Waals surface area contributed by atoms with Gasteiger partial charge in [-0.15, -0.1) is 0 Å². The SMILES string of the molecule is CC(C)(C)c1cc(C(CN2Cc3ccc(C4CC4)nc3C2=N)C(=O)C(CN2Cc3ccc(C4CC4)nc3C2=N)c2cc3c(c(C(C)(C)C)c2)OCCN3Cc2cn[nH]n2)cc2c1OCCN2Cc1cn[nH]n1. The van der Waals surface area contributed by atoms with E-state index in [1.165, 1.54) is 0 Å². The van der Waals surface area contributed by atoms with Crippen LogP contribution in [0.2, 0.25) is 0 Å². The van der Waals surface area contributed by atoms with E-state index in [1.54, 1.807) is 12.4 Å². The third-order valence-corrected chi connectivity index (χ3v) is 15.4. The number of anilines is 2. The average Bonchev–Trinajstić information content (AvgIpc) is 4.22. The number of hydrogen-bond donors (Lipinski definition) is 4. The van der Waals surface area contributed by atoms with Gasteiger partial charge in [-0.05, 0) is 71.9 Å². The van der Waals surface area contributed by atoms with Crippen molar-refractivity contribution in [2.75, 3.05) is 49.2 Å². The number of rotatable bonds is 14. The number of carbonyl (C=O) groups excluding carboxylic acids is 1. The maximum Gasteiger partial charge on any atom is 0.151 e.